The number of H-pyrrole nitrogens is 1. The Balaban J connectivity index is 1.61. The van der Waals surface area contributed by atoms with Gasteiger partial charge in [0.05, 0.1) is 6.20 Å². The van der Waals surface area contributed by atoms with E-state index in [4.69, 9.17) is 0 Å². The molecule has 2 rings (SSSR count). The van der Waals surface area contributed by atoms with E-state index in [1.807, 2.05) is 0 Å². The molecule has 0 bridgehead atoms. The lowest BCUT2D eigenvalue weighted by atomic mass is 10.3. The van der Waals surface area contributed by atoms with E-state index in [0.717, 1.165) is 6.42 Å². The van der Waals surface area contributed by atoms with Gasteiger partial charge in [-0.2, -0.15) is 5.10 Å². The number of amides is 2. The number of aromatic nitrogens is 2. The third kappa shape index (κ3) is 3.30. The Labute approximate surface area is 99.2 Å². The zero-order valence-electron chi connectivity index (χ0n) is 9.69. The first-order valence-electron chi connectivity index (χ1n) is 5.74. The van der Waals surface area contributed by atoms with Gasteiger partial charge in [0.2, 0.25) is 11.8 Å². The highest BCUT2D eigenvalue weighted by Crippen LogP contribution is 2.37. The summed E-state index contributed by atoms with van der Waals surface area (Å²) in [5.74, 6) is 1.14. The molecule has 92 valence electrons. The molecule has 1 aliphatic carbocycles. The SMILES string of the molecule is CC1CC1C(=O)NCCC(=O)Nc1ccn[nH]1. The Bertz CT molecular complexity index is 402. The van der Waals surface area contributed by atoms with E-state index in [2.05, 4.69) is 27.8 Å². The van der Waals surface area contributed by atoms with E-state index < -0.39 is 0 Å². The lowest BCUT2D eigenvalue weighted by Gasteiger charge is -2.04. The predicted molar refractivity (Wildman–Crippen MR) is 62.1 cm³/mol. The first-order valence-corrected chi connectivity index (χ1v) is 5.74. The van der Waals surface area contributed by atoms with Crippen molar-refractivity contribution >= 4 is 17.6 Å². The predicted octanol–water partition coefficient (Wildman–Crippen LogP) is 0.510. The molecule has 2 unspecified atom stereocenters. The fourth-order valence-corrected chi connectivity index (χ4v) is 1.66. The highest BCUT2D eigenvalue weighted by molar-refractivity contribution is 5.90. The largest absolute Gasteiger partial charge is 0.355 e. The normalized spacial score (nSPS) is 21.9. The first-order chi connectivity index (χ1) is 8.16. The van der Waals surface area contributed by atoms with Crippen LogP contribution in [0.1, 0.15) is 19.8 Å². The van der Waals surface area contributed by atoms with Crippen molar-refractivity contribution in [3.8, 4) is 0 Å². The second-order valence-electron chi connectivity index (χ2n) is 4.38. The van der Waals surface area contributed by atoms with Crippen LogP contribution in [0.2, 0.25) is 0 Å². The fourth-order valence-electron chi connectivity index (χ4n) is 1.66. The molecule has 1 fully saturated rings. The van der Waals surface area contributed by atoms with Crippen LogP contribution in [0.25, 0.3) is 0 Å². The van der Waals surface area contributed by atoms with Crippen molar-refractivity contribution in [1.29, 1.82) is 0 Å². The number of aromatic amines is 1. The van der Waals surface area contributed by atoms with Crippen molar-refractivity contribution in [3.05, 3.63) is 12.3 Å². The number of hydrogen-bond acceptors (Lipinski definition) is 3. The van der Waals surface area contributed by atoms with Gasteiger partial charge in [0.25, 0.3) is 0 Å². The van der Waals surface area contributed by atoms with Crippen molar-refractivity contribution in [1.82, 2.24) is 15.5 Å². The van der Waals surface area contributed by atoms with E-state index >= 15 is 0 Å². The molecule has 6 heteroatoms. The number of nitrogens with one attached hydrogen (secondary N) is 3. The molecule has 1 aromatic heterocycles. The Kier molecular flexibility index (Phi) is 3.41. The number of nitrogens with zero attached hydrogens (tertiary/aromatic N) is 1. The summed E-state index contributed by atoms with van der Waals surface area (Å²) in [5, 5.41) is 11.7. The summed E-state index contributed by atoms with van der Waals surface area (Å²) in [4.78, 5) is 22.9. The van der Waals surface area contributed by atoms with Gasteiger partial charge in [-0.3, -0.25) is 14.7 Å². The molecule has 1 aromatic rings. The maximum absolute atomic E-state index is 11.5. The maximum Gasteiger partial charge on any atom is 0.227 e. The minimum Gasteiger partial charge on any atom is -0.355 e. The molecule has 6 nitrogen and oxygen atoms in total. The van der Waals surface area contributed by atoms with Crippen LogP contribution in [0.5, 0.6) is 0 Å². The van der Waals surface area contributed by atoms with Crippen molar-refractivity contribution in [3.63, 3.8) is 0 Å². The van der Waals surface area contributed by atoms with Crippen LogP contribution in [0, 0.1) is 11.8 Å². The minimum absolute atomic E-state index is 0.0619. The van der Waals surface area contributed by atoms with Crippen LogP contribution >= 0.6 is 0 Å². The number of rotatable bonds is 5. The summed E-state index contributed by atoms with van der Waals surface area (Å²) in [6.45, 7) is 2.43. The van der Waals surface area contributed by atoms with Gasteiger partial charge in [0, 0.05) is 24.9 Å². The Morgan fingerprint density at radius 2 is 2.35 bits per heavy atom. The van der Waals surface area contributed by atoms with E-state index in [9.17, 15) is 9.59 Å². The van der Waals surface area contributed by atoms with Crippen LogP contribution in [0.15, 0.2) is 12.3 Å². The summed E-state index contributed by atoms with van der Waals surface area (Å²) < 4.78 is 0. The van der Waals surface area contributed by atoms with Gasteiger partial charge >= 0.3 is 0 Å². The van der Waals surface area contributed by atoms with Gasteiger partial charge < -0.3 is 10.6 Å². The van der Waals surface area contributed by atoms with Crippen molar-refractivity contribution in [2.45, 2.75) is 19.8 Å². The van der Waals surface area contributed by atoms with Crippen LogP contribution in [-0.4, -0.2) is 28.6 Å². The molecule has 0 spiro atoms. The van der Waals surface area contributed by atoms with Crippen LogP contribution in [-0.2, 0) is 9.59 Å². The molecule has 3 N–H and O–H groups in total. The van der Waals surface area contributed by atoms with E-state index in [1.54, 1.807) is 12.3 Å². The van der Waals surface area contributed by atoms with Crippen molar-refractivity contribution in [2.75, 3.05) is 11.9 Å². The molecule has 1 saturated carbocycles. The monoisotopic (exact) mass is 236 g/mol. The molecule has 0 radical (unpaired) electrons. The molecule has 2 amide bonds. The van der Waals surface area contributed by atoms with Crippen LogP contribution in [0.3, 0.4) is 0 Å². The average molecular weight is 236 g/mol. The Hall–Kier alpha value is -1.85. The Morgan fingerprint density at radius 1 is 1.59 bits per heavy atom. The molecular formula is C11H16N4O2. The standard InChI is InChI=1S/C11H16N4O2/c1-7-6-8(7)11(17)12-4-3-10(16)14-9-2-5-13-15-9/h2,5,7-8H,3-4,6H2,1H3,(H,12,17)(H2,13,14,15,16). The summed E-state index contributed by atoms with van der Waals surface area (Å²) >= 11 is 0. The van der Waals surface area contributed by atoms with Gasteiger partial charge in [-0.15, -0.1) is 0 Å². The zero-order chi connectivity index (χ0) is 12.3. The average Bonchev–Trinajstić information content (AvgIpc) is 2.80. The molecule has 2 atom stereocenters. The van der Waals surface area contributed by atoms with Gasteiger partial charge in [-0.1, -0.05) is 6.92 Å². The molecule has 17 heavy (non-hydrogen) atoms. The van der Waals surface area contributed by atoms with Gasteiger partial charge in [-0.05, 0) is 12.3 Å². The topological polar surface area (TPSA) is 86.9 Å². The molecule has 1 aliphatic rings. The zero-order valence-corrected chi connectivity index (χ0v) is 9.69. The minimum atomic E-state index is -0.140. The lowest BCUT2D eigenvalue weighted by molar-refractivity contribution is -0.122. The maximum atomic E-state index is 11.5. The van der Waals surface area contributed by atoms with E-state index in [0.29, 0.717) is 18.3 Å². The summed E-state index contributed by atoms with van der Waals surface area (Å²) in [6, 6.07) is 1.67. The summed E-state index contributed by atoms with van der Waals surface area (Å²) in [5.41, 5.74) is 0. The second-order valence-corrected chi connectivity index (χ2v) is 4.38. The molecule has 0 aliphatic heterocycles. The summed E-state index contributed by atoms with van der Waals surface area (Å²) in [7, 11) is 0. The van der Waals surface area contributed by atoms with Gasteiger partial charge in [0.1, 0.15) is 5.82 Å². The molecule has 0 saturated heterocycles. The third-order valence-electron chi connectivity index (χ3n) is 2.87. The molecule has 1 heterocycles. The highest BCUT2D eigenvalue weighted by Gasteiger charge is 2.38. The van der Waals surface area contributed by atoms with Crippen LogP contribution < -0.4 is 10.6 Å². The third-order valence-corrected chi connectivity index (χ3v) is 2.87. The second kappa shape index (κ2) is 4.99. The number of carbonyl (C=O) groups excluding carboxylic acids is 2. The van der Waals surface area contributed by atoms with Gasteiger partial charge in [-0.25, -0.2) is 0 Å². The quantitative estimate of drug-likeness (QED) is 0.696. The van der Waals surface area contributed by atoms with Crippen molar-refractivity contribution in [2.24, 2.45) is 11.8 Å². The van der Waals surface area contributed by atoms with Gasteiger partial charge in [0.15, 0.2) is 0 Å². The first kappa shape index (κ1) is 11.6. The number of anilines is 1. The molecule has 0 aromatic carbocycles. The lowest BCUT2D eigenvalue weighted by Crippen LogP contribution is -2.29. The highest BCUT2D eigenvalue weighted by atomic mass is 16.2. The van der Waals surface area contributed by atoms with Crippen molar-refractivity contribution < 1.29 is 9.59 Å². The molecular weight excluding hydrogens is 220 g/mol. The fraction of sp³-hybridized carbons (Fsp3) is 0.545. The summed E-state index contributed by atoms with van der Waals surface area (Å²) in [6.07, 6.45) is 2.80. The number of carbonyl (C=O) groups is 2. The smallest absolute Gasteiger partial charge is 0.227 e. The van der Waals surface area contributed by atoms with E-state index in [1.165, 1.54) is 0 Å². The number of hydrogen-bond donors (Lipinski definition) is 3. The van der Waals surface area contributed by atoms with Crippen LogP contribution in [0.4, 0.5) is 5.82 Å². The Morgan fingerprint density at radius 3 is 2.94 bits per heavy atom. The van der Waals surface area contributed by atoms with E-state index in [-0.39, 0.29) is 24.2 Å².